The molecule has 1 N–H and O–H groups in total. The fourth-order valence-corrected chi connectivity index (χ4v) is 2.95. The highest BCUT2D eigenvalue weighted by Crippen LogP contribution is 2.25. The molecule has 1 aliphatic heterocycles. The molecule has 0 aliphatic carbocycles. The Morgan fingerprint density at radius 1 is 1.30 bits per heavy atom. The zero-order valence-corrected chi connectivity index (χ0v) is 13.1. The van der Waals surface area contributed by atoms with E-state index < -0.39 is 12.0 Å². The van der Waals surface area contributed by atoms with Crippen LogP contribution < -0.4 is 0 Å². The molecule has 0 radical (unpaired) electrons. The first-order valence-electron chi connectivity index (χ1n) is 7.63. The normalized spacial score (nSPS) is 21.4. The number of aliphatic carboxylic acids is 1. The fraction of sp³-hybridized carbons (Fsp3) is 0.867. The molecule has 1 fully saturated rings. The van der Waals surface area contributed by atoms with E-state index in [4.69, 9.17) is 5.11 Å². The first kappa shape index (κ1) is 16.8. The fourth-order valence-electron chi connectivity index (χ4n) is 2.95. The Kier molecular flexibility index (Phi) is 6.30. The molecule has 2 unspecified atom stereocenters. The molecule has 2 atom stereocenters. The summed E-state index contributed by atoms with van der Waals surface area (Å²) in [6.07, 6.45) is 3.61. The minimum atomic E-state index is -0.932. The van der Waals surface area contributed by atoms with E-state index in [1.165, 1.54) is 4.90 Å². The molecule has 1 saturated heterocycles. The van der Waals surface area contributed by atoms with Gasteiger partial charge in [0, 0.05) is 20.1 Å². The van der Waals surface area contributed by atoms with Gasteiger partial charge in [0.2, 0.25) is 0 Å². The summed E-state index contributed by atoms with van der Waals surface area (Å²) in [6.45, 7) is 7.72. The molecule has 1 heterocycles. The third-order valence-corrected chi connectivity index (χ3v) is 4.43. The minimum Gasteiger partial charge on any atom is -0.480 e. The highest BCUT2D eigenvalue weighted by Gasteiger charge is 2.29. The lowest BCUT2D eigenvalue weighted by molar-refractivity contribution is -0.142. The van der Waals surface area contributed by atoms with E-state index in [9.17, 15) is 9.59 Å². The second kappa shape index (κ2) is 7.50. The highest BCUT2D eigenvalue weighted by atomic mass is 16.4. The van der Waals surface area contributed by atoms with Crippen LogP contribution in [0.3, 0.4) is 0 Å². The molecule has 0 bridgehead atoms. The van der Waals surface area contributed by atoms with E-state index >= 15 is 0 Å². The van der Waals surface area contributed by atoms with Gasteiger partial charge in [-0.3, -0.25) is 0 Å². The molecule has 2 amide bonds. The number of nitrogens with zero attached hydrogens (tertiary/aromatic N) is 2. The summed E-state index contributed by atoms with van der Waals surface area (Å²) in [5.74, 6) is 0.378. The lowest BCUT2D eigenvalue weighted by atomic mass is 9.89. The topological polar surface area (TPSA) is 60.9 Å². The molecule has 1 rings (SSSR count). The van der Waals surface area contributed by atoms with Crippen molar-refractivity contribution in [2.45, 2.75) is 52.5 Å². The third kappa shape index (κ3) is 4.12. The van der Waals surface area contributed by atoms with Crippen LogP contribution >= 0.6 is 0 Å². The van der Waals surface area contributed by atoms with Crippen LogP contribution in [0.5, 0.6) is 0 Å². The number of amides is 2. The number of carboxylic acid groups (broad SMARTS) is 1. The maximum Gasteiger partial charge on any atom is 0.326 e. The number of rotatable bonds is 4. The second-order valence-corrected chi connectivity index (χ2v) is 6.08. The Hall–Kier alpha value is -1.26. The predicted molar refractivity (Wildman–Crippen MR) is 78.6 cm³/mol. The van der Waals surface area contributed by atoms with Gasteiger partial charge in [0.05, 0.1) is 0 Å². The van der Waals surface area contributed by atoms with E-state index in [2.05, 4.69) is 13.8 Å². The van der Waals surface area contributed by atoms with E-state index in [1.54, 1.807) is 14.0 Å². The number of hydrogen-bond acceptors (Lipinski definition) is 2. The van der Waals surface area contributed by atoms with Gasteiger partial charge in [-0.15, -0.1) is 0 Å². The number of carbonyl (C=O) groups excluding carboxylic acids is 1. The van der Waals surface area contributed by atoms with Crippen molar-refractivity contribution in [1.29, 1.82) is 0 Å². The largest absolute Gasteiger partial charge is 0.480 e. The molecule has 0 saturated carbocycles. The number of likely N-dealkylation sites (tertiary alicyclic amines) is 1. The van der Waals surface area contributed by atoms with Gasteiger partial charge in [-0.1, -0.05) is 20.8 Å². The lowest BCUT2D eigenvalue weighted by Crippen LogP contribution is -2.49. The van der Waals surface area contributed by atoms with E-state index in [1.807, 2.05) is 4.90 Å². The van der Waals surface area contributed by atoms with Crippen LogP contribution in [0.1, 0.15) is 46.5 Å². The summed E-state index contributed by atoms with van der Waals surface area (Å²) in [4.78, 5) is 26.8. The molecule has 0 aromatic heterocycles. The Balaban J connectivity index is 2.65. The zero-order chi connectivity index (χ0) is 15.3. The summed E-state index contributed by atoms with van der Waals surface area (Å²) < 4.78 is 0. The van der Waals surface area contributed by atoms with Crippen LogP contribution in [0.4, 0.5) is 4.79 Å². The van der Waals surface area contributed by atoms with E-state index in [-0.39, 0.29) is 6.03 Å². The van der Waals surface area contributed by atoms with Gasteiger partial charge in [0.15, 0.2) is 0 Å². The molecule has 0 spiro atoms. The molecule has 0 aromatic rings. The first-order valence-corrected chi connectivity index (χ1v) is 7.63. The van der Waals surface area contributed by atoms with Gasteiger partial charge in [-0.25, -0.2) is 9.59 Å². The zero-order valence-electron chi connectivity index (χ0n) is 13.1. The third-order valence-electron chi connectivity index (χ3n) is 4.43. The molecule has 0 aromatic carbocycles. The van der Waals surface area contributed by atoms with E-state index in [0.29, 0.717) is 18.3 Å². The number of hydrogen-bond donors (Lipinski definition) is 1. The molecule has 1 aliphatic rings. The average Bonchev–Trinajstić information content (AvgIpc) is 2.63. The number of carboxylic acids is 1. The van der Waals surface area contributed by atoms with Crippen LogP contribution in [0.25, 0.3) is 0 Å². The smallest absolute Gasteiger partial charge is 0.326 e. The Bertz CT molecular complexity index is 344. The van der Waals surface area contributed by atoms with E-state index in [0.717, 1.165) is 32.4 Å². The van der Waals surface area contributed by atoms with Crippen molar-refractivity contribution in [2.75, 3.05) is 20.1 Å². The maximum atomic E-state index is 12.4. The highest BCUT2D eigenvalue weighted by molar-refractivity contribution is 5.82. The Labute approximate surface area is 121 Å². The van der Waals surface area contributed by atoms with Crippen LogP contribution in [0.15, 0.2) is 0 Å². The van der Waals surface area contributed by atoms with Crippen molar-refractivity contribution in [3.8, 4) is 0 Å². The second-order valence-electron chi connectivity index (χ2n) is 6.08. The van der Waals surface area contributed by atoms with Crippen LogP contribution in [-0.2, 0) is 4.79 Å². The summed E-state index contributed by atoms with van der Waals surface area (Å²) in [7, 11) is 1.59. The van der Waals surface area contributed by atoms with Gasteiger partial charge in [-0.2, -0.15) is 0 Å². The van der Waals surface area contributed by atoms with Crippen molar-refractivity contribution < 1.29 is 14.7 Å². The Morgan fingerprint density at radius 2 is 1.95 bits per heavy atom. The van der Waals surface area contributed by atoms with Crippen LogP contribution in [0, 0.1) is 11.8 Å². The van der Waals surface area contributed by atoms with Gasteiger partial charge < -0.3 is 14.9 Å². The summed E-state index contributed by atoms with van der Waals surface area (Å²) in [5.41, 5.74) is 0. The summed E-state index contributed by atoms with van der Waals surface area (Å²) in [5, 5.41) is 9.15. The van der Waals surface area contributed by atoms with Crippen LogP contribution in [-0.4, -0.2) is 53.1 Å². The molecular weight excluding hydrogens is 256 g/mol. The number of likely N-dealkylation sites (N-methyl/N-ethyl adjacent to an activating group) is 1. The van der Waals surface area contributed by atoms with Crippen molar-refractivity contribution in [2.24, 2.45) is 11.8 Å². The summed E-state index contributed by atoms with van der Waals surface area (Å²) >= 11 is 0. The predicted octanol–water partition coefficient (Wildman–Crippen LogP) is 2.66. The summed E-state index contributed by atoms with van der Waals surface area (Å²) in [6, 6.07) is -0.879. The monoisotopic (exact) mass is 284 g/mol. The maximum absolute atomic E-state index is 12.4. The molecule has 20 heavy (non-hydrogen) atoms. The quantitative estimate of drug-likeness (QED) is 0.863. The minimum absolute atomic E-state index is 0.149. The van der Waals surface area contributed by atoms with Gasteiger partial charge >= 0.3 is 12.0 Å². The average molecular weight is 284 g/mol. The number of urea groups is 1. The SMILES string of the molecule is CCC(C(=O)O)N(C)C(=O)N1CCCC(C(C)C)CC1. The van der Waals surface area contributed by atoms with Gasteiger partial charge in [-0.05, 0) is 37.5 Å². The number of carbonyl (C=O) groups is 2. The van der Waals surface area contributed by atoms with Crippen LogP contribution in [0.2, 0.25) is 0 Å². The van der Waals surface area contributed by atoms with Crippen molar-refractivity contribution in [3.63, 3.8) is 0 Å². The molecule has 116 valence electrons. The standard InChI is InChI=1S/C15H28N2O3/c1-5-13(14(18)19)16(4)15(20)17-9-6-7-12(8-10-17)11(2)3/h11-13H,5-10H2,1-4H3,(H,18,19). The molecule has 5 heteroatoms. The Morgan fingerprint density at radius 3 is 2.45 bits per heavy atom. The van der Waals surface area contributed by atoms with Gasteiger partial charge in [0.25, 0.3) is 0 Å². The molecule has 5 nitrogen and oxygen atoms in total. The van der Waals surface area contributed by atoms with Crippen molar-refractivity contribution >= 4 is 12.0 Å². The lowest BCUT2D eigenvalue weighted by Gasteiger charge is -2.30. The first-order chi connectivity index (χ1) is 9.38. The molecular formula is C15H28N2O3. The van der Waals surface area contributed by atoms with Gasteiger partial charge in [0.1, 0.15) is 6.04 Å². The van der Waals surface area contributed by atoms with Crippen molar-refractivity contribution in [3.05, 3.63) is 0 Å². The van der Waals surface area contributed by atoms with Crippen molar-refractivity contribution in [1.82, 2.24) is 9.80 Å².